The molecule has 0 aliphatic heterocycles. The SMILES string of the molecule is CC(C)OCC(=O)Nc1ccc(Br)c(Cl)c1. The van der Waals surface area contributed by atoms with E-state index in [9.17, 15) is 4.79 Å². The molecule has 0 saturated carbocycles. The quantitative estimate of drug-likeness (QED) is 0.925. The molecule has 16 heavy (non-hydrogen) atoms. The lowest BCUT2D eigenvalue weighted by molar-refractivity contribution is -0.121. The molecular weight excluding hydrogens is 293 g/mol. The molecule has 88 valence electrons. The van der Waals surface area contributed by atoms with Gasteiger partial charge < -0.3 is 10.1 Å². The maximum absolute atomic E-state index is 11.4. The predicted molar refractivity (Wildman–Crippen MR) is 68.9 cm³/mol. The number of hydrogen-bond donors (Lipinski definition) is 1. The molecule has 0 saturated heterocycles. The van der Waals surface area contributed by atoms with Crippen LogP contribution in [0.15, 0.2) is 22.7 Å². The molecule has 0 fully saturated rings. The van der Waals surface area contributed by atoms with E-state index in [1.54, 1.807) is 18.2 Å². The standard InChI is InChI=1S/C11H13BrClNO2/c1-7(2)16-6-11(15)14-8-3-4-9(12)10(13)5-8/h3-5,7H,6H2,1-2H3,(H,14,15). The van der Waals surface area contributed by atoms with Crippen LogP contribution < -0.4 is 5.32 Å². The highest BCUT2D eigenvalue weighted by Crippen LogP contribution is 2.25. The molecule has 0 unspecified atom stereocenters. The summed E-state index contributed by atoms with van der Waals surface area (Å²) in [6.45, 7) is 3.80. The third-order valence-electron chi connectivity index (χ3n) is 1.75. The van der Waals surface area contributed by atoms with E-state index in [0.29, 0.717) is 10.7 Å². The van der Waals surface area contributed by atoms with Crippen LogP contribution in [0.25, 0.3) is 0 Å². The van der Waals surface area contributed by atoms with Crippen LogP contribution >= 0.6 is 27.5 Å². The van der Waals surface area contributed by atoms with Gasteiger partial charge in [0.05, 0.1) is 11.1 Å². The number of nitrogens with one attached hydrogen (secondary N) is 1. The fourth-order valence-electron chi connectivity index (χ4n) is 1.01. The summed E-state index contributed by atoms with van der Waals surface area (Å²) >= 11 is 9.17. The number of anilines is 1. The van der Waals surface area contributed by atoms with Crippen molar-refractivity contribution in [2.24, 2.45) is 0 Å². The van der Waals surface area contributed by atoms with Gasteiger partial charge in [0.1, 0.15) is 6.61 Å². The molecule has 1 aromatic carbocycles. The summed E-state index contributed by atoms with van der Waals surface area (Å²) in [5, 5.41) is 3.25. The number of carbonyl (C=O) groups is 1. The molecule has 0 aromatic heterocycles. The van der Waals surface area contributed by atoms with Gasteiger partial charge in [0.2, 0.25) is 5.91 Å². The summed E-state index contributed by atoms with van der Waals surface area (Å²) < 4.78 is 5.97. The van der Waals surface area contributed by atoms with Gasteiger partial charge in [-0.2, -0.15) is 0 Å². The molecule has 1 aromatic rings. The Bertz CT molecular complexity index is 382. The number of amides is 1. The maximum Gasteiger partial charge on any atom is 0.250 e. The van der Waals surface area contributed by atoms with Gasteiger partial charge in [-0.25, -0.2) is 0 Å². The van der Waals surface area contributed by atoms with E-state index < -0.39 is 0 Å². The first-order chi connectivity index (χ1) is 7.49. The van der Waals surface area contributed by atoms with Gasteiger partial charge in [-0.3, -0.25) is 4.79 Å². The fourth-order valence-corrected chi connectivity index (χ4v) is 1.44. The zero-order valence-electron chi connectivity index (χ0n) is 9.09. The molecular formula is C11H13BrClNO2. The average Bonchev–Trinajstić information content (AvgIpc) is 2.21. The number of ether oxygens (including phenoxy) is 1. The smallest absolute Gasteiger partial charge is 0.250 e. The van der Waals surface area contributed by atoms with Gasteiger partial charge >= 0.3 is 0 Å². The second kappa shape index (κ2) is 6.23. The number of carbonyl (C=O) groups excluding carboxylic acids is 1. The van der Waals surface area contributed by atoms with E-state index in [2.05, 4.69) is 21.2 Å². The van der Waals surface area contributed by atoms with Crippen molar-refractivity contribution in [1.29, 1.82) is 0 Å². The summed E-state index contributed by atoms with van der Waals surface area (Å²) in [6, 6.07) is 5.23. The van der Waals surface area contributed by atoms with E-state index in [1.165, 1.54) is 0 Å². The van der Waals surface area contributed by atoms with E-state index in [1.807, 2.05) is 13.8 Å². The van der Waals surface area contributed by atoms with Crippen molar-refractivity contribution in [3.05, 3.63) is 27.7 Å². The molecule has 1 amide bonds. The van der Waals surface area contributed by atoms with Crippen LogP contribution in [0.5, 0.6) is 0 Å². The van der Waals surface area contributed by atoms with Crippen molar-refractivity contribution in [3.63, 3.8) is 0 Å². The van der Waals surface area contributed by atoms with Crippen LogP contribution in [0.4, 0.5) is 5.69 Å². The third-order valence-corrected chi connectivity index (χ3v) is 2.98. The van der Waals surface area contributed by atoms with Crippen LogP contribution in [-0.4, -0.2) is 18.6 Å². The second-order valence-electron chi connectivity index (χ2n) is 3.54. The van der Waals surface area contributed by atoms with Gasteiger partial charge in [-0.05, 0) is 48.0 Å². The van der Waals surface area contributed by atoms with E-state index in [0.717, 1.165) is 4.47 Å². The topological polar surface area (TPSA) is 38.3 Å². The first kappa shape index (κ1) is 13.5. The molecule has 0 aliphatic carbocycles. The first-order valence-corrected chi connectivity index (χ1v) is 6.02. The average molecular weight is 307 g/mol. The highest BCUT2D eigenvalue weighted by Gasteiger charge is 2.05. The molecule has 0 bridgehead atoms. The summed E-state index contributed by atoms with van der Waals surface area (Å²) in [5.41, 5.74) is 0.658. The van der Waals surface area contributed by atoms with Gasteiger partial charge in [0, 0.05) is 10.2 Å². The van der Waals surface area contributed by atoms with Crippen LogP contribution in [0.1, 0.15) is 13.8 Å². The molecule has 0 aliphatic rings. The van der Waals surface area contributed by atoms with Gasteiger partial charge in [0.15, 0.2) is 0 Å². The highest BCUT2D eigenvalue weighted by molar-refractivity contribution is 9.10. The Morgan fingerprint density at radius 3 is 2.81 bits per heavy atom. The second-order valence-corrected chi connectivity index (χ2v) is 4.80. The first-order valence-electron chi connectivity index (χ1n) is 4.85. The maximum atomic E-state index is 11.4. The fraction of sp³-hybridized carbons (Fsp3) is 0.364. The molecule has 1 rings (SSSR count). The van der Waals surface area contributed by atoms with Crippen LogP contribution in [-0.2, 0) is 9.53 Å². The Morgan fingerprint density at radius 1 is 1.56 bits per heavy atom. The zero-order chi connectivity index (χ0) is 12.1. The highest BCUT2D eigenvalue weighted by atomic mass is 79.9. The molecule has 0 heterocycles. The van der Waals surface area contributed by atoms with Crippen molar-refractivity contribution in [3.8, 4) is 0 Å². The lowest BCUT2D eigenvalue weighted by atomic mass is 10.3. The van der Waals surface area contributed by atoms with Crippen LogP contribution in [0, 0.1) is 0 Å². The Kier molecular flexibility index (Phi) is 5.25. The zero-order valence-corrected chi connectivity index (χ0v) is 11.4. The Hall–Kier alpha value is -0.580. The number of hydrogen-bond acceptors (Lipinski definition) is 2. The minimum Gasteiger partial charge on any atom is -0.369 e. The van der Waals surface area contributed by atoms with Crippen molar-refractivity contribution < 1.29 is 9.53 Å². The van der Waals surface area contributed by atoms with Crippen LogP contribution in [0.3, 0.4) is 0 Å². The summed E-state index contributed by atoms with van der Waals surface area (Å²) in [5.74, 6) is -0.188. The number of halogens is 2. The predicted octanol–water partition coefficient (Wildman–Crippen LogP) is 3.47. The Morgan fingerprint density at radius 2 is 2.25 bits per heavy atom. The van der Waals surface area contributed by atoms with Gasteiger partial charge in [-0.1, -0.05) is 11.6 Å². The minimum absolute atomic E-state index is 0.0410. The van der Waals surface area contributed by atoms with E-state index in [4.69, 9.17) is 16.3 Å². The van der Waals surface area contributed by atoms with Crippen molar-refractivity contribution >= 4 is 39.1 Å². The van der Waals surface area contributed by atoms with Crippen molar-refractivity contribution in [2.75, 3.05) is 11.9 Å². The summed E-state index contributed by atoms with van der Waals surface area (Å²) in [4.78, 5) is 11.4. The van der Waals surface area contributed by atoms with E-state index in [-0.39, 0.29) is 18.6 Å². The molecule has 5 heteroatoms. The number of rotatable bonds is 4. The molecule has 1 N–H and O–H groups in total. The minimum atomic E-state index is -0.188. The summed E-state index contributed by atoms with van der Waals surface area (Å²) in [6.07, 6.45) is 0.0410. The largest absolute Gasteiger partial charge is 0.369 e. The normalized spacial score (nSPS) is 10.6. The van der Waals surface area contributed by atoms with Gasteiger partial charge in [-0.15, -0.1) is 0 Å². The molecule has 0 spiro atoms. The third kappa shape index (κ3) is 4.51. The number of benzene rings is 1. The molecule has 0 radical (unpaired) electrons. The monoisotopic (exact) mass is 305 g/mol. The molecule has 0 atom stereocenters. The Labute approximate surface area is 108 Å². The van der Waals surface area contributed by atoms with Gasteiger partial charge in [0.25, 0.3) is 0 Å². The van der Waals surface area contributed by atoms with Crippen molar-refractivity contribution in [1.82, 2.24) is 0 Å². The molecule has 3 nitrogen and oxygen atoms in total. The van der Waals surface area contributed by atoms with Crippen LogP contribution in [0.2, 0.25) is 5.02 Å². The Balaban J connectivity index is 2.53. The van der Waals surface area contributed by atoms with Crippen molar-refractivity contribution in [2.45, 2.75) is 20.0 Å². The van der Waals surface area contributed by atoms with E-state index >= 15 is 0 Å². The summed E-state index contributed by atoms with van der Waals surface area (Å²) in [7, 11) is 0. The lowest BCUT2D eigenvalue weighted by Gasteiger charge is -2.08. The lowest BCUT2D eigenvalue weighted by Crippen LogP contribution is -2.20.